The zero-order chi connectivity index (χ0) is 51.3. The first kappa shape index (κ1) is 66.4. The maximum atomic E-state index is 12.9. The van der Waals surface area contributed by atoms with Gasteiger partial charge in [-0.05, 0) is 89.9 Å². The third-order valence-corrected chi connectivity index (χ3v) is 12.0. The molecule has 0 aromatic heterocycles. The molecule has 0 spiro atoms. The summed E-state index contributed by atoms with van der Waals surface area (Å²) >= 11 is 0. The molecule has 0 aromatic carbocycles. The van der Waals surface area contributed by atoms with E-state index < -0.39 is 57.8 Å². The molecule has 11 nitrogen and oxygen atoms in total. The molecule has 12 heteroatoms. The Bertz CT molecular complexity index is 1540. The van der Waals surface area contributed by atoms with Crippen molar-refractivity contribution in [3.05, 3.63) is 97.2 Å². The Morgan fingerprint density at radius 2 is 0.757 bits per heavy atom. The lowest BCUT2D eigenvalue weighted by Gasteiger charge is -2.21. The van der Waals surface area contributed by atoms with Crippen LogP contribution in [0, 0.1) is 0 Å². The average molecular weight is 1000 g/mol. The van der Waals surface area contributed by atoms with Gasteiger partial charge in [-0.15, -0.1) is 0 Å². The normalized spacial score (nSPS) is 14.2. The van der Waals surface area contributed by atoms with Crippen LogP contribution in [0.3, 0.4) is 0 Å². The lowest BCUT2D eigenvalue weighted by Crippen LogP contribution is -2.30. The molecular formula is C58H97O11P. The Kier molecular flexibility index (Phi) is 49.1. The van der Waals surface area contributed by atoms with Crippen LogP contribution in [0.1, 0.15) is 213 Å². The van der Waals surface area contributed by atoms with Gasteiger partial charge in [0.25, 0.3) is 0 Å². The number of hydrogen-bond acceptors (Lipinski definition) is 10. The molecule has 3 atom stereocenters. The number of aliphatic hydroxyl groups is 1. The zero-order valence-corrected chi connectivity index (χ0v) is 44.8. The summed E-state index contributed by atoms with van der Waals surface area (Å²) < 4.78 is 39.3. The van der Waals surface area contributed by atoms with Crippen LogP contribution in [0.15, 0.2) is 97.2 Å². The minimum absolute atomic E-state index is 0.132. The van der Waals surface area contributed by atoms with Gasteiger partial charge in [-0.2, -0.15) is 0 Å². The van der Waals surface area contributed by atoms with Crippen molar-refractivity contribution >= 4 is 25.7 Å². The van der Waals surface area contributed by atoms with E-state index in [1.54, 1.807) is 0 Å². The van der Waals surface area contributed by atoms with Gasteiger partial charge in [0, 0.05) is 19.3 Å². The number of phosphoric ester groups is 1. The molecule has 0 aliphatic carbocycles. The second-order valence-electron chi connectivity index (χ2n) is 17.6. The van der Waals surface area contributed by atoms with Crippen LogP contribution in [0.25, 0.3) is 0 Å². The number of rotatable bonds is 49. The minimum Gasteiger partial charge on any atom is -0.462 e. The summed E-state index contributed by atoms with van der Waals surface area (Å²) in [6.07, 6.45) is 59.5. The van der Waals surface area contributed by atoms with Gasteiger partial charge in [-0.25, -0.2) is 4.57 Å². The summed E-state index contributed by atoms with van der Waals surface area (Å²) in [4.78, 5) is 48.4. The quantitative estimate of drug-likeness (QED) is 0.0197. The van der Waals surface area contributed by atoms with E-state index in [1.807, 2.05) is 6.08 Å². The summed E-state index contributed by atoms with van der Waals surface area (Å²) in [6.45, 7) is 4.31. The van der Waals surface area contributed by atoms with Gasteiger partial charge < -0.3 is 24.2 Å². The average Bonchev–Trinajstić information content (AvgIpc) is 3.35. The standard InChI is InChI=1S/C58H97O11P/c1-4-7-10-13-16-19-22-24-26-27-29-30-33-35-38-41-44-47-56(60)65-51-55(69-58(62)49-46-43-40-37-34-31-28-25-23-20-17-14-11-8-5-2)53-67-70(63,64)66-52-54(50-59)68-57(61)48-45-42-39-36-32-21-18-15-12-9-6-3/h7-8,10-11,16-17,19-20,24-26,28-30,35,38,54-55,59H,4-6,9,12-15,18,21-23,27,31-34,36-37,39-53H2,1-3H3,(H,63,64)/b10-7-,11-8-,19-16-,20-17-,26-24-,28-25-,30-29-,38-35-. The van der Waals surface area contributed by atoms with Crippen molar-refractivity contribution in [2.75, 3.05) is 26.4 Å². The second kappa shape index (κ2) is 51.7. The molecule has 0 aromatic rings. The number of hydrogen-bond donors (Lipinski definition) is 2. The Labute approximate surface area is 425 Å². The molecule has 0 saturated carbocycles. The fraction of sp³-hybridized carbons (Fsp3) is 0.672. The third-order valence-electron chi connectivity index (χ3n) is 11.0. The number of ether oxygens (including phenoxy) is 3. The van der Waals surface area contributed by atoms with E-state index in [0.717, 1.165) is 103 Å². The van der Waals surface area contributed by atoms with Crippen LogP contribution in [0.2, 0.25) is 0 Å². The van der Waals surface area contributed by atoms with Crippen molar-refractivity contribution in [3.63, 3.8) is 0 Å². The van der Waals surface area contributed by atoms with Crippen molar-refractivity contribution in [1.82, 2.24) is 0 Å². The lowest BCUT2D eigenvalue weighted by molar-refractivity contribution is -0.161. The van der Waals surface area contributed by atoms with Crippen LogP contribution >= 0.6 is 7.82 Å². The molecule has 0 amide bonds. The van der Waals surface area contributed by atoms with Crippen LogP contribution < -0.4 is 0 Å². The van der Waals surface area contributed by atoms with Crippen molar-refractivity contribution in [2.24, 2.45) is 0 Å². The van der Waals surface area contributed by atoms with Crippen molar-refractivity contribution < 1.29 is 52.2 Å². The second-order valence-corrected chi connectivity index (χ2v) is 19.1. The smallest absolute Gasteiger partial charge is 0.462 e. The van der Waals surface area contributed by atoms with Crippen LogP contribution in [0.4, 0.5) is 0 Å². The van der Waals surface area contributed by atoms with E-state index in [0.29, 0.717) is 25.7 Å². The maximum Gasteiger partial charge on any atom is 0.472 e. The van der Waals surface area contributed by atoms with E-state index in [-0.39, 0.29) is 25.9 Å². The molecule has 0 bridgehead atoms. The highest BCUT2D eigenvalue weighted by molar-refractivity contribution is 7.47. The molecule has 0 aliphatic heterocycles. The topological polar surface area (TPSA) is 155 Å². The Balaban J connectivity index is 4.86. The number of phosphoric acid groups is 1. The van der Waals surface area contributed by atoms with Gasteiger partial charge in [0.05, 0.1) is 19.8 Å². The predicted molar refractivity (Wildman–Crippen MR) is 288 cm³/mol. The third kappa shape index (κ3) is 49.4. The monoisotopic (exact) mass is 1000 g/mol. The number of aliphatic hydroxyl groups excluding tert-OH is 1. The zero-order valence-electron chi connectivity index (χ0n) is 43.9. The van der Waals surface area contributed by atoms with E-state index in [2.05, 4.69) is 112 Å². The van der Waals surface area contributed by atoms with Crippen molar-refractivity contribution in [3.8, 4) is 0 Å². The van der Waals surface area contributed by atoms with Gasteiger partial charge >= 0.3 is 25.7 Å². The summed E-state index contributed by atoms with van der Waals surface area (Å²) in [5.41, 5.74) is 0. The van der Waals surface area contributed by atoms with Crippen molar-refractivity contribution in [1.29, 1.82) is 0 Å². The van der Waals surface area contributed by atoms with Gasteiger partial charge in [-0.3, -0.25) is 23.4 Å². The van der Waals surface area contributed by atoms with Crippen molar-refractivity contribution in [2.45, 2.75) is 226 Å². The van der Waals surface area contributed by atoms with Gasteiger partial charge in [-0.1, -0.05) is 201 Å². The van der Waals surface area contributed by atoms with Crippen LogP contribution in [0.5, 0.6) is 0 Å². The summed E-state index contributed by atoms with van der Waals surface area (Å²) in [5, 5.41) is 9.78. The predicted octanol–water partition coefficient (Wildman–Crippen LogP) is 15.7. The molecule has 3 unspecified atom stereocenters. The SMILES string of the molecule is CC/C=C\C/C=C\C/C=C\C/C=C\C/C=C\CCCC(=O)OCC(COP(=O)(O)OCC(CO)OC(=O)CCCCCCCCCCCCC)OC(=O)CCCCCCC/C=C\C/C=C\C/C=C\CC. The van der Waals surface area contributed by atoms with Crippen LogP contribution in [-0.4, -0.2) is 66.5 Å². The summed E-state index contributed by atoms with van der Waals surface area (Å²) in [5.74, 6) is -1.56. The van der Waals surface area contributed by atoms with Gasteiger partial charge in [0.15, 0.2) is 6.10 Å². The summed E-state index contributed by atoms with van der Waals surface area (Å²) in [6, 6.07) is 0. The number of carbonyl (C=O) groups is 3. The lowest BCUT2D eigenvalue weighted by atomic mass is 10.1. The number of unbranched alkanes of at least 4 members (excludes halogenated alkanes) is 16. The fourth-order valence-electron chi connectivity index (χ4n) is 6.93. The van der Waals surface area contributed by atoms with Gasteiger partial charge in [0.1, 0.15) is 12.7 Å². The first-order valence-corrected chi connectivity index (χ1v) is 28.6. The highest BCUT2D eigenvalue weighted by Gasteiger charge is 2.28. The molecule has 70 heavy (non-hydrogen) atoms. The maximum absolute atomic E-state index is 12.9. The summed E-state index contributed by atoms with van der Waals surface area (Å²) in [7, 11) is -4.76. The molecule has 0 fully saturated rings. The number of esters is 3. The molecule has 2 N–H and O–H groups in total. The molecule has 400 valence electrons. The molecule has 0 radical (unpaired) electrons. The molecule has 0 saturated heterocycles. The number of allylic oxidation sites excluding steroid dienone is 16. The number of carbonyl (C=O) groups excluding carboxylic acids is 3. The first-order chi connectivity index (χ1) is 34.2. The highest BCUT2D eigenvalue weighted by Crippen LogP contribution is 2.43. The van der Waals surface area contributed by atoms with Gasteiger partial charge in [0.2, 0.25) is 0 Å². The first-order valence-electron chi connectivity index (χ1n) is 27.1. The van der Waals surface area contributed by atoms with E-state index in [4.69, 9.17) is 23.3 Å². The fourth-order valence-corrected chi connectivity index (χ4v) is 7.72. The van der Waals surface area contributed by atoms with E-state index in [1.165, 1.54) is 44.9 Å². The highest BCUT2D eigenvalue weighted by atomic mass is 31.2. The van der Waals surface area contributed by atoms with Crippen LogP contribution in [-0.2, 0) is 42.2 Å². The molecule has 0 rings (SSSR count). The van der Waals surface area contributed by atoms with E-state index >= 15 is 0 Å². The molecular weight excluding hydrogens is 904 g/mol. The Hall–Kier alpha value is -3.60. The molecule has 0 heterocycles. The van der Waals surface area contributed by atoms with E-state index in [9.17, 15) is 28.9 Å². The molecule has 0 aliphatic rings. The Morgan fingerprint density at radius 3 is 1.19 bits per heavy atom. The largest absolute Gasteiger partial charge is 0.472 e. The Morgan fingerprint density at radius 1 is 0.414 bits per heavy atom. The minimum atomic E-state index is -4.76.